The molecule has 0 aliphatic carbocycles. The van der Waals surface area contributed by atoms with E-state index in [9.17, 15) is 9.59 Å². The Morgan fingerprint density at radius 3 is 1.82 bits per heavy atom. The van der Waals surface area contributed by atoms with Crippen LogP contribution < -0.4 is 16.0 Å². The zero-order valence-corrected chi connectivity index (χ0v) is 26.7. The highest BCUT2D eigenvalue weighted by Crippen LogP contribution is 2.29. The molecular formula is C32H45IN4O2. The van der Waals surface area contributed by atoms with Gasteiger partial charge in [0.15, 0.2) is 0 Å². The molecule has 0 aliphatic heterocycles. The van der Waals surface area contributed by atoms with E-state index < -0.39 is 11.1 Å². The molecule has 1 unspecified atom stereocenters. The van der Waals surface area contributed by atoms with Gasteiger partial charge in [0.25, 0.3) is 0 Å². The van der Waals surface area contributed by atoms with E-state index in [1.807, 2.05) is 90.1 Å². The third kappa shape index (κ3) is 9.41. The second-order valence-corrected chi connectivity index (χ2v) is 12.7. The summed E-state index contributed by atoms with van der Waals surface area (Å²) >= 11 is 2.07. The Bertz CT molecular complexity index is 1190. The molecule has 0 saturated carbocycles. The molecule has 4 amide bonds. The normalized spacial score (nSPS) is 12.3. The fraction of sp³-hybridized carbons (Fsp3) is 0.438. The molecule has 0 radical (unpaired) electrons. The third-order valence-electron chi connectivity index (χ3n) is 6.85. The lowest BCUT2D eigenvalue weighted by Crippen LogP contribution is -2.47. The number of hydrogen-bond acceptors (Lipinski definition) is 2. The van der Waals surface area contributed by atoms with Crippen molar-refractivity contribution in [2.45, 2.75) is 72.4 Å². The molecule has 0 heterocycles. The number of allylic oxidation sites excluding steroid dienone is 2. The summed E-state index contributed by atoms with van der Waals surface area (Å²) in [6.07, 6.45) is 1.72. The topological polar surface area (TPSA) is 73.5 Å². The van der Waals surface area contributed by atoms with Crippen molar-refractivity contribution in [1.29, 1.82) is 0 Å². The van der Waals surface area contributed by atoms with Crippen LogP contribution in [0.3, 0.4) is 0 Å². The lowest BCUT2D eigenvalue weighted by molar-refractivity contribution is 0.217. The van der Waals surface area contributed by atoms with E-state index in [2.05, 4.69) is 58.9 Å². The molecular weight excluding hydrogens is 599 g/mol. The molecule has 0 bridgehead atoms. The first-order chi connectivity index (χ1) is 18.2. The van der Waals surface area contributed by atoms with Crippen molar-refractivity contribution in [1.82, 2.24) is 19.1 Å². The molecule has 2 rings (SSSR count). The van der Waals surface area contributed by atoms with Crippen molar-refractivity contribution in [2.75, 3.05) is 13.1 Å². The maximum atomic E-state index is 12.9. The molecule has 39 heavy (non-hydrogen) atoms. The maximum absolute atomic E-state index is 12.9. The van der Waals surface area contributed by atoms with Gasteiger partial charge < -0.3 is 16.0 Å². The van der Waals surface area contributed by atoms with Crippen LogP contribution in [0.15, 0.2) is 61.7 Å². The van der Waals surface area contributed by atoms with Gasteiger partial charge in [0.1, 0.15) is 0 Å². The number of halogens is 1. The number of hydrogen-bond donors (Lipinski definition) is 3. The van der Waals surface area contributed by atoms with Gasteiger partial charge >= 0.3 is 12.1 Å². The molecule has 0 spiro atoms. The van der Waals surface area contributed by atoms with Crippen LogP contribution in [0.5, 0.6) is 0 Å². The highest BCUT2D eigenvalue weighted by Gasteiger charge is 2.28. The Labute approximate surface area is 249 Å². The van der Waals surface area contributed by atoms with Crippen LogP contribution in [0.25, 0.3) is 11.1 Å². The van der Waals surface area contributed by atoms with Gasteiger partial charge in [-0.2, -0.15) is 0 Å². The van der Waals surface area contributed by atoms with Crippen LogP contribution in [0.2, 0.25) is 0 Å². The Morgan fingerprint density at radius 2 is 1.33 bits per heavy atom. The lowest BCUT2D eigenvalue weighted by atomic mass is 9.87. The minimum Gasteiger partial charge on any atom is -0.338 e. The first kappa shape index (κ1) is 32.4. The molecule has 2 aromatic rings. The minimum atomic E-state index is -0.545. The van der Waals surface area contributed by atoms with E-state index in [0.29, 0.717) is 13.1 Å². The summed E-state index contributed by atoms with van der Waals surface area (Å²) in [5.41, 5.74) is 5.02. The highest BCUT2D eigenvalue weighted by atomic mass is 127. The van der Waals surface area contributed by atoms with Crippen molar-refractivity contribution in [3.05, 3.63) is 83.9 Å². The largest absolute Gasteiger partial charge is 0.338 e. The molecule has 3 N–H and O–H groups in total. The van der Waals surface area contributed by atoms with Crippen LogP contribution in [0.1, 0.15) is 83.6 Å². The van der Waals surface area contributed by atoms with Crippen LogP contribution in [0.4, 0.5) is 9.59 Å². The van der Waals surface area contributed by atoms with Crippen molar-refractivity contribution in [2.24, 2.45) is 5.92 Å². The molecule has 6 nitrogen and oxygen atoms in total. The van der Waals surface area contributed by atoms with E-state index >= 15 is 0 Å². The van der Waals surface area contributed by atoms with Gasteiger partial charge in [-0.1, -0.05) is 79.8 Å². The summed E-state index contributed by atoms with van der Waals surface area (Å²) in [6.45, 7) is 23.4. The fourth-order valence-corrected chi connectivity index (χ4v) is 5.10. The minimum absolute atomic E-state index is 0.125. The molecule has 0 fully saturated rings. The van der Waals surface area contributed by atoms with Gasteiger partial charge in [-0.25, -0.2) is 9.59 Å². The number of rotatable bonds is 12. The van der Waals surface area contributed by atoms with E-state index in [0.717, 1.165) is 46.2 Å². The second-order valence-electron chi connectivity index (χ2n) is 11.5. The molecule has 7 heteroatoms. The monoisotopic (exact) mass is 644 g/mol. The van der Waals surface area contributed by atoms with Crippen molar-refractivity contribution < 1.29 is 9.59 Å². The fourth-order valence-electron chi connectivity index (χ4n) is 4.64. The molecule has 1 atom stereocenters. The smallest absolute Gasteiger partial charge is 0.326 e. The number of benzene rings is 2. The van der Waals surface area contributed by atoms with Crippen molar-refractivity contribution in [3.63, 3.8) is 0 Å². The maximum Gasteiger partial charge on any atom is 0.326 e. The second kappa shape index (κ2) is 14.0. The predicted molar refractivity (Wildman–Crippen MR) is 173 cm³/mol. The zero-order valence-electron chi connectivity index (χ0n) is 24.6. The average Bonchev–Trinajstić information content (AvgIpc) is 2.86. The van der Waals surface area contributed by atoms with E-state index in [-0.39, 0.29) is 18.0 Å². The Balaban J connectivity index is 1.81. The third-order valence-corrected chi connectivity index (χ3v) is 7.77. The number of carbonyl (C=O) groups excluding carboxylic acids is 2. The summed E-state index contributed by atoms with van der Waals surface area (Å²) in [5, 5.41) is 9.27. The summed E-state index contributed by atoms with van der Waals surface area (Å²) < 4.78 is 1.69. The van der Waals surface area contributed by atoms with Crippen molar-refractivity contribution >= 4 is 46.1 Å². The van der Waals surface area contributed by atoms with Gasteiger partial charge in [0.05, 0.1) is 33.9 Å². The number of amides is 4. The summed E-state index contributed by atoms with van der Waals surface area (Å²) in [4.78, 5) is 25.6. The first-order valence-electron chi connectivity index (χ1n) is 13.5. The molecule has 0 saturated heterocycles. The highest BCUT2D eigenvalue weighted by molar-refractivity contribution is 14.1. The molecule has 0 aliphatic rings. The quantitative estimate of drug-likeness (QED) is 0.162. The Morgan fingerprint density at radius 1 is 0.872 bits per heavy atom. The van der Waals surface area contributed by atoms with Crippen molar-refractivity contribution in [3.8, 4) is 0 Å². The van der Waals surface area contributed by atoms with Gasteiger partial charge in [0.2, 0.25) is 0 Å². The number of nitrogens with zero attached hydrogens (tertiary/aromatic N) is 1. The summed E-state index contributed by atoms with van der Waals surface area (Å²) in [5.74, 6) is 0.272. The van der Waals surface area contributed by atoms with Crippen LogP contribution in [-0.4, -0.2) is 28.3 Å². The summed E-state index contributed by atoms with van der Waals surface area (Å²) in [7, 11) is 0. The first-order valence-corrected chi connectivity index (χ1v) is 14.4. The predicted octanol–water partition coefficient (Wildman–Crippen LogP) is 8.00. The van der Waals surface area contributed by atoms with Gasteiger partial charge in [-0.3, -0.25) is 3.11 Å². The van der Waals surface area contributed by atoms with E-state index in [4.69, 9.17) is 0 Å². The van der Waals surface area contributed by atoms with Crippen LogP contribution in [0, 0.1) is 5.92 Å². The molecule has 0 aromatic heterocycles. The SMILES string of the molecule is C=C(C)c1ccccc1C(C)(C)NC(=O)NCC(C)CCCN(I)C(=O)NC(C)(C)c1ccccc1C(=C)C. The number of urea groups is 2. The number of nitrogens with one attached hydrogen (secondary N) is 3. The Kier molecular flexibility index (Phi) is 11.6. The van der Waals surface area contributed by atoms with Crippen LogP contribution >= 0.6 is 22.9 Å². The zero-order chi connectivity index (χ0) is 29.4. The molecule has 2 aromatic carbocycles. The van der Waals surface area contributed by atoms with E-state index in [1.165, 1.54) is 0 Å². The van der Waals surface area contributed by atoms with Gasteiger partial charge in [-0.05, 0) is 82.6 Å². The summed E-state index contributed by atoms with van der Waals surface area (Å²) in [6, 6.07) is 15.7. The van der Waals surface area contributed by atoms with Gasteiger partial charge in [-0.15, -0.1) is 0 Å². The standard InChI is InChI=1S/C32H45IN4O2/c1-22(2)25-16-10-12-18-27(25)31(6,7)35-29(38)34-21-24(5)15-14-20-37(33)30(39)36-32(8,9)28-19-13-11-17-26(28)23(3)4/h10-13,16-19,24H,1,3,14-15,20-21H2,2,4-9H3,(H,36,39)(H2,34,35,38). The molecule has 212 valence electrons. The number of carbonyl (C=O) groups is 2. The van der Waals surface area contributed by atoms with Gasteiger partial charge in [0, 0.05) is 13.1 Å². The average molecular weight is 645 g/mol. The lowest BCUT2D eigenvalue weighted by Gasteiger charge is -2.31. The van der Waals surface area contributed by atoms with E-state index in [1.54, 1.807) is 3.11 Å². The Hall–Kier alpha value is -2.81. The van der Waals surface area contributed by atoms with Crippen LogP contribution in [-0.2, 0) is 11.1 Å².